The molecular formula is C22H26F2N8O. The summed E-state index contributed by atoms with van der Waals surface area (Å²) in [6.45, 7) is 1.95. The number of likely N-dealkylation sites (tertiary alicyclic amines) is 1. The number of benzene rings is 1. The molecule has 0 atom stereocenters. The number of ether oxygens (including phenoxy) is 1. The number of aryl methyl sites for hydroxylation is 1. The second-order valence-corrected chi connectivity index (χ2v) is 8.37. The largest absolute Gasteiger partial charge is 0.479 e. The van der Waals surface area contributed by atoms with E-state index < -0.39 is 12.5 Å². The van der Waals surface area contributed by atoms with Crippen LogP contribution in [0.25, 0.3) is 27.7 Å². The van der Waals surface area contributed by atoms with Gasteiger partial charge in [0.05, 0.1) is 31.1 Å². The Morgan fingerprint density at radius 3 is 2.82 bits per heavy atom. The van der Waals surface area contributed by atoms with E-state index in [1.54, 1.807) is 22.9 Å². The van der Waals surface area contributed by atoms with E-state index in [9.17, 15) is 4.39 Å². The molecule has 0 aliphatic carbocycles. The summed E-state index contributed by atoms with van der Waals surface area (Å²) in [5, 5.41) is 16.1. The van der Waals surface area contributed by atoms with Gasteiger partial charge in [0.25, 0.3) is 0 Å². The van der Waals surface area contributed by atoms with Crippen LogP contribution in [0.4, 0.5) is 14.7 Å². The van der Waals surface area contributed by atoms with Gasteiger partial charge in [0.2, 0.25) is 11.8 Å². The van der Waals surface area contributed by atoms with Crippen molar-refractivity contribution in [3.8, 4) is 17.0 Å². The molecule has 0 radical (unpaired) electrons. The average molecular weight is 457 g/mol. The molecule has 1 aliphatic rings. The monoisotopic (exact) mass is 456 g/mol. The van der Waals surface area contributed by atoms with Gasteiger partial charge in [-0.1, -0.05) is 11.3 Å². The number of piperidine rings is 1. The number of fused-ring (bicyclic) bond motifs is 2. The van der Waals surface area contributed by atoms with E-state index >= 15 is 4.39 Å². The fourth-order valence-corrected chi connectivity index (χ4v) is 4.33. The van der Waals surface area contributed by atoms with Crippen LogP contribution < -0.4 is 10.1 Å². The van der Waals surface area contributed by atoms with Gasteiger partial charge in [0.1, 0.15) is 11.0 Å². The molecule has 1 aliphatic heterocycles. The zero-order valence-corrected chi connectivity index (χ0v) is 18.6. The van der Waals surface area contributed by atoms with Crippen molar-refractivity contribution in [3.63, 3.8) is 0 Å². The standard InChI is InChI=1S/C22H26F2N8O/c1-30-10-6-15(7-11-30)25-22-26-21(33-2)20-19(16(24)13-32(20)28-22)14-4-5-17-18(12-14)31(29-27-17)9-3-8-23/h4-5,12-13,15H,3,6-11H2,1-2H3,(H,25,28). The van der Waals surface area contributed by atoms with Crippen LogP contribution >= 0.6 is 0 Å². The lowest BCUT2D eigenvalue weighted by Gasteiger charge is -2.29. The van der Waals surface area contributed by atoms with E-state index in [1.165, 1.54) is 17.8 Å². The summed E-state index contributed by atoms with van der Waals surface area (Å²) >= 11 is 0. The smallest absolute Gasteiger partial charge is 0.244 e. The summed E-state index contributed by atoms with van der Waals surface area (Å²) in [5.41, 5.74) is 2.75. The maximum absolute atomic E-state index is 15.2. The molecule has 0 bridgehead atoms. The molecule has 0 spiro atoms. The molecule has 11 heteroatoms. The first-order valence-electron chi connectivity index (χ1n) is 11.0. The highest BCUT2D eigenvalue weighted by Gasteiger charge is 2.23. The minimum atomic E-state index is -0.443. The molecule has 1 N–H and O–H groups in total. The molecule has 33 heavy (non-hydrogen) atoms. The van der Waals surface area contributed by atoms with Crippen LogP contribution in [0, 0.1) is 5.82 Å². The van der Waals surface area contributed by atoms with Crippen molar-refractivity contribution < 1.29 is 13.5 Å². The zero-order valence-electron chi connectivity index (χ0n) is 18.6. The third-order valence-corrected chi connectivity index (χ3v) is 6.10. The van der Waals surface area contributed by atoms with Crippen LogP contribution in [0.3, 0.4) is 0 Å². The van der Waals surface area contributed by atoms with Crippen molar-refractivity contribution in [2.45, 2.75) is 31.8 Å². The Morgan fingerprint density at radius 2 is 2.06 bits per heavy atom. The maximum Gasteiger partial charge on any atom is 0.244 e. The van der Waals surface area contributed by atoms with Crippen LogP contribution in [-0.2, 0) is 6.54 Å². The van der Waals surface area contributed by atoms with Crippen LogP contribution in [0.5, 0.6) is 5.88 Å². The molecule has 1 saturated heterocycles. The Morgan fingerprint density at radius 1 is 1.24 bits per heavy atom. The van der Waals surface area contributed by atoms with E-state index in [0.717, 1.165) is 25.9 Å². The third kappa shape index (κ3) is 4.08. The van der Waals surface area contributed by atoms with Gasteiger partial charge in [-0.15, -0.1) is 10.2 Å². The zero-order chi connectivity index (χ0) is 22.9. The van der Waals surface area contributed by atoms with E-state index in [2.05, 4.69) is 37.7 Å². The topological polar surface area (TPSA) is 85.4 Å². The van der Waals surface area contributed by atoms with Crippen LogP contribution in [0.1, 0.15) is 19.3 Å². The minimum absolute atomic E-state index is 0.253. The maximum atomic E-state index is 15.2. The highest BCUT2D eigenvalue weighted by atomic mass is 19.1. The fourth-order valence-electron chi connectivity index (χ4n) is 4.33. The lowest BCUT2D eigenvalue weighted by Crippen LogP contribution is -2.37. The molecular weight excluding hydrogens is 430 g/mol. The van der Waals surface area contributed by atoms with Gasteiger partial charge in [-0.3, -0.25) is 4.39 Å². The van der Waals surface area contributed by atoms with Gasteiger partial charge < -0.3 is 15.0 Å². The normalized spacial score (nSPS) is 15.5. The quantitative estimate of drug-likeness (QED) is 0.457. The van der Waals surface area contributed by atoms with E-state index in [-0.39, 0.29) is 11.9 Å². The van der Waals surface area contributed by atoms with Gasteiger partial charge in [-0.2, -0.15) is 4.98 Å². The van der Waals surface area contributed by atoms with Gasteiger partial charge >= 0.3 is 0 Å². The predicted molar refractivity (Wildman–Crippen MR) is 121 cm³/mol. The van der Waals surface area contributed by atoms with Crippen molar-refractivity contribution in [2.75, 3.05) is 39.2 Å². The Hall–Kier alpha value is -3.34. The number of hydrogen-bond acceptors (Lipinski definition) is 7. The number of nitrogens with one attached hydrogen (secondary N) is 1. The molecule has 0 saturated carbocycles. The highest BCUT2D eigenvalue weighted by molar-refractivity contribution is 5.89. The van der Waals surface area contributed by atoms with Crippen LogP contribution in [-0.4, -0.2) is 74.5 Å². The van der Waals surface area contributed by atoms with E-state index in [1.807, 2.05) is 0 Å². The molecule has 0 amide bonds. The highest BCUT2D eigenvalue weighted by Crippen LogP contribution is 2.35. The number of alkyl halides is 1. The second-order valence-electron chi connectivity index (χ2n) is 8.37. The molecule has 0 unspecified atom stereocenters. The van der Waals surface area contributed by atoms with Crippen LogP contribution in [0.15, 0.2) is 24.4 Å². The average Bonchev–Trinajstić information content (AvgIpc) is 3.38. The Bertz CT molecular complexity index is 1280. The molecule has 9 nitrogen and oxygen atoms in total. The third-order valence-electron chi connectivity index (χ3n) is 6.10. The number of anilines is 1. The van der Waals surface area contributed by atoms with Crippen molar-refractivity contribution in [2.24, 2.45) is 0 Å². The first kappa shape index (κ1) is 21.5. The summed E-state index contributed by atoms with van der Waals surface area (Å²) < 4.78 is 36.5. The number of aromatic nitrogens is 6. The summed E-state index contributed by atoms with van der Waals surface area (Å²) in [5.74, 6) is 0.240. The molecule has 5 rings (SSSR count). The summed E-state index contributed by atoms with van der Waals surface area (Å²) in [7, 11) is 3.61. The van der Waals surface area contributed by atoms with Crippen molar-refractivity contribution in [1.29, 1.82) is 0 Å². The van der Waals surface area contributed by atoms with Gasteiger partial charge in [0, 0.05) is 12.6 Å². The fraction of sp³-hybridized carbons (Fsp3) is 0.455. The van der Waals surface area contributed by atoms with Crippen LogP contribution in [0.2, 0.25) is 0 Å². The Kier molecular flexibility index (Phi) is 5.79. The number of hydrogen-bond donors (Lipinski definition) is 1. The summed E-state index contributed by atoms with van der Waals surface area (Å²) in [6.07, 6.45) is 3.63. The molecule has 1 fully saturated rings. The van der Waals surface area contributed by atoms with E-state index in [0.29, 0.717) is 46.6 Å². The van der Waals surface area contributed by atoms with Gasteiger partial charge in [-0.05, 0) is 57.1 Å². The summed E-state index contributed by atoms with van der Waals surface area (Å²) in [6, 6.07) is 5.60. The molecule has 4 heterocycles. The minimum Gasteiger partial charge on any atom is -0.479 e. The van der Waals surface area contributed by atoms with Crippen molar-refractivity contribution in [3.05, 3.63) is 30.2 Å². The first-order valence-corrected chi connectivity index (χ1v) is 11.0. The Labute approximate surface area is 189 Å². The second kappa shape index (κ2) is 8.89. The molecule has 4 aromatic rings. The molecule has 3 aromatic heterocycles. The number of halogens is 2. The first-order chi connectivity index (χ1) is 16.1. The van der Waals surface area contributed by atoms with Crippen molar-refractivity contribution >= 4 is 22.5 Å². The Balaban J connectivity index is 1.54. The lowest BCUT2D eigenvalue weighted by atomic mass is 10.1. The van der Waals surface area contributed by atoms with Gasteiger partial charge in [-0.25, -0.2) is 13.6 Å². The van der Waals surface area contributed by atoms with Crippen molar-refractivity contribution in [1.82, 2.24) is 34.5 Å². The molecule has 174 valence electrons. The number of rotatable bonds is 7. The number of methoxy groups -OCH3 is 1. The lowest BCUT2D eigenvalue weighted by molar-refractivity contribution is 0.263. The predicted octanol–water partition coefficient (Wildman–Crippen LogP) is 3.15. The van der Waals surface area contributed by atoms with E-state index in [4.69, 9.17) is 4.74 Å². The summed E-state index contributed by atoms with van der Waals surface area (Å²) in [4.78, 5) is 6.81. The molecule has 1 aromatic carbocycles. The SMILES string of the molecule is COc1nc(NC2CCN(C)CC2)nn2cc(F)c(-c3ccc4nnn(CCCF)c4c3)c12. The number of nitrogens with zero attached hydrogens (tertiary/aromatic N) is 7. The van der Waals surface area contributed by atoms with Gasteiger partial charge in [0.15, 0.2) is 5.82 Å².